The van der Waals surface area contributed by atoms with Gasteiger partial charge in [-0.3, -0.25) is 4.79 Å². The summed E-state index contributed by atoms with van der Waals surface area (Å²) in [5.74, 6) is -4.65. The van der Waals surface area contributed by atoms with Crippen molar-refractivity contribution in [3.05, 3.63) is 0 Å². The average Bonchev–Trinajstić information content (AvgIpc) is 2.29. The zero-order valence-corrected chi connectivity index (χ0v) is 6.26. The van der Waals surface area contributed by atoms with Crippen molar-refractivity contribution in [1.29, 1.82) is 0 Å². The highest BCUT2D eigenvalue weighted by Crippen LogP contribution is 2.34. The number of rotatable bonds is 1. The van der Waals surface area contributed by atoms with E-state index in [4.69, 9.17) is 5.11 Å². The molecule has 0 spiro atoms. The summed E-state index contributed by atoms with van der Waals surface area (Å²) in [5.41, 5.74) is 0. The predicted octanol–water partition coefficient (Wildman–Crippen LogP) is 0.138. The molecule has 0 aromatic rings. The molecule has 1 rings (SSSR count). The zero-order valence-electron chi connectivity index (χ0n) is 6.26. The van der Waals surface area contributed by atoms with E-state index in [0.717, 1.165) is 0 Å². The van der Waals surface area contributed by atoms with Crippen molar-refractivity contribution in [1.82, 2.24) is 5.32 Å². The first-order valence-electron chi connectivity index (χ1n) is 3.41. The first kappa shape index (κ1) is 9.82. The summed E-state index contributed by atoms with van der Waals surface area (Å²) in [6.07, 6.45) is -5.46. The lowest BCUT2D eigenvalue weighted by Crippen LogP contribution is -2.42. The van der Waals surface area contributed by atoms with Crippen LogP contribution in [0.2, 0.25) is 0 Å². The van der Waals surface area contributed by atoms with Crippen LogP contribution in [0, 0.1) is 5.92 Å². The van der Waals surface area contributed by atoms with Crippen molar-refractivity contribution < 1.29 is 27.9 Å². The fraction of sp³-hybridized carbons (Fsp3) is 0.667. The standard InChI is InChI=1S/C6H6F3NO3/c7-6(8,9)2-1-3(11)10-4(2)5(12)13/h2,4H,1H2,(H,10,11)(H,12,13)/t2?,4-/m0/s1. The lowest BCUT2D eigenvalue weighted by atomic mass is 10.0. The third-order valence-electron chi connectivity index (χ3n) is 1.81. The largest absolute Gasteiger partial charge is 0.480 e. The zero-order chi connectivity index (χ0) is 10.2. The van der Waals surface area contributed by atoms with Crippen LogP contribution in [0.4, 0.5) is 13.2 Å². The van der Waals surface area contributed by atoms with Gasteiger partial charge >= 0.3 is 12.1 Å². The van der Waals surface area contributed by atoms with Crippen molar-refractivity contribution >= 4 is 11.9 Å². The summed E-state index contributed by atoms with van der Waals surface area (Å²) >= 11 is 0. The van der Waals surface area contributed by atoms with E-state index in [0.29, 0.717) is 0 Å². The molecule has 2 atom stereocenters. The molecule has 0 aromatic carbocycles. The molecule has 0 aromatic heterocycles. The molecule has 13 heavy (non-hydrogen) atoms. The molecule has 0 saturated carbocycles. The fourth-order valence-corrected chi connectivity index (χ4v) is 1.19. The van der Waals surface area contributed by atoms with Gasteiger partial charge in [0.2, 0.25) is 5.91 Å². The Balaban J connectivity index is 2.84. The van der Waals surface area contributed by atoms with Crippen LogP contribution in [-0.2, 0) is 9.59 Å². The van der Waals surface area contributed by atoms with Gasteiger partial charge in [0, 0.05) is 6.42 Å². The topological polar surface area (TPSA) is 66.4 Å². The van der Waals surface area contributed by atoms with Crippen LogP contribution in [0.25, 0.3) is 0 Å². The summed E-state index contributed by atoms with van der Waals surface area (Å²) in [4.78, 5) is 20.8. The van der Waals surface area contributed by atoms with Gasteiger partial charge < -0.3 is 10.4 Å². The van der Waals surface area contributed by atoms with Gasteiger partial charge in [0.15, 0.2) is 0 Å². The number of hydrogen-bond donors (Lipinski definition) is 2. The Bertz CT molecular complexity index is 250. The van der Waals surface area contributed by atoms with Crippen molar-refractivity contribution in [2.24, 2.45) is 5.92 Å². The Morgan fingerprint density at radius 1 is 1.54 bits per heavy atom. The Morgan fingerprint density at radius 2 is 2.08 bits per heavy atom. The van der Waals surface area contributed by atoms with Gasteiger partial charge in [-0.25, -0.2) is 4.79 Å². The smallest absolute Gasteiger partial charge is 0.394 e. The molecule has 0 aliphatic carbocycles. The van der Waals surface area contributed by atoms with Gasteiger partial charge in [0.25, 0.3) is 0 Å². The number of amides is 1. The minimum absolute atomic E-state index is 0.805. The number of alkyl halides is 3. The lowest BCUT2D eigenvalue weighted by Gasteiger charge is -2.17. The molecule has 0 radical (unpaired) electrons. The molecule has 74 valence electrons. The van der Waals surface area contributed by atoms with Crippen LogP contribution >= 0.6 is 0 Å². The molecule has 0 bridgehead atoms. The maximum atomic E-state index is 12.1. The maximum absolute atomic E-state index is 12.1. The van der Waals surface area contributed by atoms with Crippen molar-refractivity contribution in [3.8, 4) is 0 Å². The van der Waals surface area contributed by atoms with Gasteiger partial charge in [-0.2, -0.15) is 13.2 Å². The highest BCUT2D eigenvalue weighted by atomic mass is 19.4. The SMILES string of the molecule is O=C1CC(C(F)(F)F)[C@@H](C(=O)O)N1. The second-order valence-electron chi connectivity index (χ2n) is 2.74. The molecule has 1 heterocycles. The molecule has 1 amide bonds. The molecule has 7 heteroatoms. The minimum atomic E-state index is -4.65. The summed E-state index contributed by atoms with van der Waals surface area (Å²) in [6, 6.07) is -1.84. The molecule has 1 fully saturated rings. The monoisotopic (exact) mass is 197 g/mol. The van der Waals surface area contributed by atoms with E-state index in [-0.39, 0.29) is 0 Å². The van der Waals surface area contributed by atoms with Gasteiger partial charge in [-0.15, -0.1) is 0 Å². The van der Waals surface area contributed by atoms with Crippen molar-refractivity contribution in [2.75, 3.05) is 0 Å². The van der Waals surface area contributed by atoms with E-state index in [2.05, 4.69) is 0 Å². The van der Waals surface area contributed by atoms with Crippen molar-refractivity contribution in [2.45, 2.75) is 18.6 Å². The summed E-state index contributed by atoms with van der Waals surface area (Å²) < 4.78 is 36.3. The number of aliphatic carboxylic acids is 1. The van der Waals surface area contributed by atoms with Crippen LogP contribution in [0.3, 0.4) is 0 Å². The molecule has 1 unspecified atom stereocenters. The van der Waals surface area contributed by atoms with Gasteiger partial charge in [0.1, 0.15) is 6.04 Å². The second kappa shape index (κ2) is 2.90. The first-order chi connectivity index (χ1) is 5.82. The first-order valence-corrected chi connectivity index (χ1v) is 3.41. The highest BCUT2D eigenvalue weighted by molar-refractivity contribution is 5.88. The Morgan fingerprint density at radius 3 is 2.38 bits per heavy atom. The van der Waals surface area contributed by atoms with Gasteiger partial charge in [-0.1, -0.05) is 0 Å². The normalized spacial score (nSPS) is 28.7. The van der Waals surface area contributed by atoms with E-state index in [9.17, 15) is 22.8 Å². The van der Waals surface area contributed by atoms with Gasteiger partial charge in [-0.05, 0) is 0 Å². The Kier molecular flexibility index (Phi) is 2.19. The maximum Gasteiger partial charge on any atom is 0.394 e. The third-order valence-corrected chi connectivity index (χ3v) is 1.81. The number of carboxylic acids is 1. The molecule has 1 saturated heterocycles. The Labute approximate surface area is 70.7 Å². The lowest BCUT2D eigenvalue weighted by molar-refractivity contribution is -0.184. The number of hydrogen-bond acceptors (Lipinski definition) is 2. The van der Waals surface area contributed by atoms with E-state index in [1.165, 1.54) is 0 Å². The molecule has 1 aliphatic heterocycles. The molecule has 1 aliphatic rings. The molecular formula is C6H6F3NO3. The third kappa shape index (κ3) is 1.90. The van der Waals surface area contributed by atoms with Gasteiger partial charge in [0.05, 0.1) is 5.92 Å². The van der Waals surface area contributed by atoms with Crippen LogP contribution < -0.4 is 5.32 Å². The number of carbonyl (C=O) groups excluding carboxylic acids is 1. The average molecular weight is 197 g/mol. The van der Waals surface area contributed by atoms with E-state index < -0.39 is 36.4 Å². The number of halogens is 3. The highest BCUT2D eigenvalue weighted by Gasteiger charge is 2.52. The van der Waals surface area contributed by atoms with Crippen LogP contribution in [0.5, 0.6) is 0 Å². The van der Waals surface area contributed by atoms with Crippen LogP contribution in [-0.4, -0.2) is 29.2 Å². The second-order valence-corrected chi connectivity index (χ2v) is 2.74. The number of carbonyl (C=O) groups is 2. The molecule has 4 nitrogen and oxygen atoms in total. The fourth-order valence-electron chi connectivity index (χ4n) is 1.19. The molecular weight excluding hydrogens is 191 g/mol. The van der Waals surface area contributed by atoms with E-state index >= 15 is 0 Å². The summed E-state index contributed by atoms with van der Waals surface area (Å²) in [5, 5.41) is 10.1. The Hall–Kier alpha value is -1.27. The summed E-state index contributed by atoms with van der Waals surface area (Å²) in [6.45, 7) is 0. The number of carboxylic acid groups (broad SMARTS) is 1. The van der Waals surface area contributed by atoms with E-state index in [1.54, 1.807) is 5.32 Å². The number of nitrogens with one attached hydrogen (secondary N) is 1. The van der Waals surface area contributed by atoms with Crippen LogP contribution in [0.15, 0.2) is 0 Å². The van der Waals surface area contributed by atoms with Crippen molar-refractivity contribution in [3.63, 3.8) is 0 Å². The van der Waals surface area contributed by atoms with E-state index in [1.807, 2.05) is 0 Å². The van der Waals surface area contributed by atoms with Crippen LogP contribution in [0.1, 0.15) is 6.42 Å². The predicted molar refractivity (Wildman–Crippen MR) is 33.7 cm³/mol. The summed E-state index contributed by atoms with van der Waals surface area (Å²) in [7, 11) is 0. The molecule has 2 N–H and O–H groups in total. The minimum Gasteiger partial charge on any atom is -0.480 e. The quantitative estimate of drug-likeness (QED) is 0.628.